The Morgan fingerprint density at radius 1 is 0.526 bits per heavy atom. The largest absolute Gasteiger partial charge is 0.463 e. The van der Waals surface area contributed by atoms with Gasteiger partial charge in [0.05, 0.1) is 0 Å². The first-order chi connectivity index (χ1) is 18.6. The van der Waals surface area contributed by atoms with Crippen molar-refractivity contribution >= 4 is 11.9 Å². The minimum atomic E-state index is -0.966. The van der Waals surface area contributed by atoms with Crippen molar-refractivity contribution in [2.45, 2.75) is 174 Å². The molecular formula is C33H62O5. The van der Waals surface area contributed by atoms with E-state index in [2.05, 4.69) is 26.0 Å². The van der Waals surface area contributed by atoms with Crippen molar-refractivity contribution in [3.63, 3.8) is 0 Å². The van der Waals surface area contributed by atoms with Crippen molar-refractivity contribution in [3.05, 3.63) is 12.2 Å². The van der Waals surface area contributed by atoms with Crippen LogP contribution in [0.1, 0.15) is 168 Å². The fraction of sp³-hybridized carbons (Fsp3) is 0.879. The topological polar surface area (TPSA) is 72.8 Å². The number of ether oxygens (including phenoxy) is 2. The summed E-state index contributed by atoms with van der Waals surface area (Å²) in [7, 11) is 0. The molecule has 0 aromatic heterocycles. The zero-order chi connectivity index (χ0) is 27.9. The van der Waals surface area contributed by atoms with E-state index in [1.165, 1.54) is 103 Å². The highest BCUT2D eigenvalue weighted by Gasteiger charge is 2.11. The lowest BCUT2D eigenvalue weighted by atomic mass is 10.0. The molecule has 5 heteroatoms. The minimum absolute atomic E-state index is 0.119. The van der Waals surface area contributed by atoms with E-state index in [1.807, 2.05) is 0 Å². The number of rotatable bonds is 29. The average molecular weight is 539 g/mol. The molecule has 0 rings (SSSR count). The summed E-state index contributed by atoms with van der Waals surface area (Å²) in [5, 5.41) is 9.93. The molecule has 0 saturated carbocycles. The summed E-state index contributed by atoms with van der Waals surface area (Å²) in [5.74, 6) is -0.599. The van der Waals surface area contributed by atoms with Crippen LogP contribution >= 0.6 is 0 Å². The second kappa shape index (κ2) is 30.2. The monoisotopic (exact) mass is 538 g/mol. The quantitative estimate of drug-likeness (QED) is 0.0583. The van der Waals surface area contributed by atoms with Gasteiger partial charge in [0.15, 0.2) is 0 Å². The van der Waals surface area contributed by atoms with Crippen LogP contribution in [0.5, 0.6) is 0 Å². The molecule has 0 unspecified atom stereocenters. The molecule has 0 aliphatic carbocycles. The van der Waals surface area contributed by atoms with Gasteiger partial charge in [-0.3, -0.25) is 9.59 Å². The highest BCUT2D eigenvalue weighted by molar-refractivity contribution is 5.69. The Morgan fingerprint density at radius 2 is 0.868 bits per heavy atom. The number of esters is 2. The molecule has 0 saturated heterocycles. The summed E-state index contributed by atoms with van der Waals surface area (Å²) in [4.78, 5) is 23.7. The van der Waals surface area contributed by atoms with Crippen molar-refractivity contribution < 1.29 is 24.2 Å². The normalized spacial score (nSPS) is 12.2. The summed E-state index contributed by atoms with van der Waals surface area (Å²) >= 11 is 0. The van der Waals surface area contributed by atoms with Gasteiger partial charge in [-0.1, -0.05) is 135 Å². The van der Waals surface area contributed by atoms with E-state index in [-0.39, 0.29) is 25.2 Å². The molecule has 0 aromatic rings. The Kier molecular flexibility index (Phi) is 29.1. The fourth-order valence-corrected chi connectivity index (χ4v) is 4.50. The number of unbranched alkanes of at least 4 members (excludes halogenated alkanes) is 19. The lowest BCUT2D eigenvalue weighted by Crippen LogP contribution is -2.25. The van der Waals surface area contributed by atoms with Crippen LogP contribution in [0.2, 0.25) is 0 Å². The number of carbonyl (C=O) groups is 2. The summed E-state index contributed by atoms with van der Waals surface area (Å²) in [5.41, 5.74) is 0. The highest BCUT2D eigenvalue weighted by atomic mass is 16.6. The first-order valence-corrected chi connectivity index (χ1v) is 16.2. The van der Waals surface area contributed by atoms with E-state index in [0.717, 1.165) is 38.5 Å². The third-order valence-corrected chi connectivity index (χ3v) is 7.00. The van der Waals surface area contributed by atoms with Crippen LogP contribution in [-0.2, 0) is 19.1 Å². The molecule has 1 N–H and O–H groups in total. The predicted octanol–water partition coefficient (Wildman–Crippen LogP) is 9.39. The summed E-state index contributed by atoms with van der Waals surface area (Å²) in [6.07, 6.45) is 31.2. The van der Waals surface area contributed by atoms with Crippen LogP contribution in [0.15, 0.2) is 12.2 Å². The zero-order valence-corrected chi connectivity index (χ0v) is 25.2. The van der Waals surface area contributed by atoms with E-state index in [4.69, 9.17) is 9.47 Å². The maximum atomic E-state index is 11.9. The van der Waals surface area contributed by atoms with Crippen molar-refractivity contribution in [3.8, 4) is 0 Å². The van der Waals surface area contributed by atoms with Gasteiger partial charge < -0.3 is 14.6 Å². The molecule has 38 heavy (non-hydrogen) atoms. The molecule has 0 spiro atoms. The third-order valence-electron chi connectivity index (χ3n) is 7.00. The Balaban J connectivity index is 3.46. The fourth-order valence-electron chi connectivity index (χ4n) is 4.50. The number of aliphatic hydroxyl groups excluding tert-OH is 1. The highest BCUT2D eigenvalue weighted by Crippen LogP contribution is 2.13. The maximum Gasteiger partial charge on any atom is 0.305 e. The lowest BCUT2D eigenvalue weighted by molar-refractivity contribution is -0.152. The van der Waals surface area contributed by atoms with Gasteiger partial charge in [-0.25, -0.2) is 0 Å². The average Bonchev–Trinajstić information content (AvgIpc) is 2.92. The van der Waals surface area contributed by atoms with Crippen LogP contribution < -0.4 is 0 Å². The lowest BCUT2D eigenvalue weighted by Gasteiger charge is -2.12. The van der Waals surface area contributed by atoms with E-state index < -0.39 is 6.10 Å². The number of allylic oxidation sites excluding steroid dienone is 2. The van der Waals surface area contributed by atoms with Crippen LogP contribution in [0.4, 0.5) is 0 Å². The molecular weight excluding hydrogens is 476 g/mol. The Morgan fingerprint density at radius 3 is 1.32 bits per heavy atom. The Labute approximate surface area is 235 Å². The van der Waals surface area contributed by atoms with E-state index >= 15 is 0 Å². The van der Waals surface area contributed by atoms with Gasteiger partial charge in [0.25, 0.3) is 0 Å². The van der Waals surface area contributed by atoms with Crippen molar-refractivity contribution in [2.24, 2.45) is 0 Å². The molecule has 1 atom stereocenters. The smallest absolute Gasteiger partial charge is 0.305 e. The van der Waals surface area contributed by atoms with Crippen LogP contribution in [-0.4, -0.2) is 36.4 Å². The van der Waals surface area contributed by atoms with Crippen molar-refractivity contribution in [1.82, 2.24) is 0 Å². The number of aliphatic hydroxyl groups is 1. The molecule has 5 nitrogen and oxygen atoms in total. The van der Waals surface area contributed by atoms with Crippen molar-refractivity contribution in [1.29, 1.82) is 0 Å². The Hall–Kier alpha value is -1.36. The second-order valence-corrected chi connectivity index (χ2v) is 10.9. The standard InChI is InChI=1S/C33H62O5/c1-3-5-7-9-11-13-15-16-18-20-22-24-26-28-33(36)38-30-31(34)29-37-32(35)27-25-23-21-19-17-14-12-10-8-6-4-2/h19,21,31,34H,3-18,20,22-30H2,1-2H3/b21-19-/t31-/m0/s1. The molecule has 0 aliphatic heterocycles. The van der Waals surface area contributed by atoms with Gasteiger partial charge in [-0.05, 0) is 32.1 Å². The van der Waals surface area contributed by atoms with Gasteiger partial charge in [0.2, 0.25) is 0 Å². The molecule has 0 heterocycles. The zero-order valence-electron chi connectivity index (χ0n) is 25.2. The number of carbonyl (C=O) groups excluding carboxylic acids is 2. The second-order valence-electron chi connectivity index (χ2n) is 10.9. The summed E-state index contributed by atoms with van der Waals surface area (Å²) < 4.78 is 10.2. The summed E-state index contributed by atoms with van der Waals surface area (Å²) in [6, 6.07) is 0. The molecule has 0 radical (unpaired) electrons. The van der Waals surface area contributed by atoms with Gasteiger partial charge in [0.1, 0.15) is 19.3 Å². The van der Waals surface area contributed by atoms with Crippen LogP contribution in [0, 0.1) is 0 Å². The molecule has 0 fully saturated rings. The number of hydrogen-bond acceptors (Lipinski definition) is 5. The minimum Gasteiger partial charge on any atom is -0.463 e. The van der Waals surface area contributed by atoms with Gasteiger partial charge in [-0.2, -0.15) is 0 Å². The molecule has 0 amide bonds. The van der Waals surface area contributed by atoms with E-state index in [1.54, 1.807) is 0 Å². The molecule has 224 valence electrons. The van der Waals surface area contributed by atoms with Gasteiger partial charge in [-0.15, -0.1) is 0 Å². The molecule has 0 bridgehead atoms. The predicted molar refractivity (Wildman–Crippen MR) is 159 cm³/mol. The SMILES string of the molecule is CCCCCCCC/C=C\CCCC(=O)OC[C@H](O)COC(=O)CCCCCCCCCCCCCCC. The molecule has 0 aromatic carbocycles. The Bertz CT molecular complexity index is 546. The van der Waals surface area contributed by atoms with Gasteiger partial charge in [0, 0.05) is 12.8 Å². The number of hydrogen-bond donors (Lipinski definition) is 1. The first-order valence-electron chi connectivity index (χ1n) is 16.2. The van der Waals surface area contributed by atoms with Gasteiger partial charge >= 0.3 is 11.9 Å². The van der Waals surface area contributed by atoms with E-state index in [0.29, 0.717) is 12.8 Å². The van der Waals surface area contributed by atoms with Crippen LogP contribution in [0.25, 0.3) is 0 Å². The first kappa shape index (κ1) is 36.6. The van der Waals surface area contributed by atoms with Crippen LogP contribution in [0.3, 0.4) is 0 Å². The van der Waals surface area contributed by atoms with Crippen molar-refractivity contribution in [2.75, 3.05) is 13.2 Å². The maximum absolute atomic E-state index is 11.9. The third kappa shape index (κ3) is 29.2. The molecule has 0 aliphatic rings. The van der Waals surface area contributed by atoms with E-state index in [9.17, 15) is 14.7 Å². The summed E-state index contributed by atoms with van der Waals surface area (Å²) in [6.45, 7) is 4.25.